The van der Waals surface area contributed by atoms with Crippen molar-refractivity contribution < 1.29 is 27.8 Å². The smallest absolute Gasteiger partial charge is 0.328 e. The molecule has 0 bridgehead atoms. The molecule has 9 heteroatoms. The maximum absolute atomic E-state index is 13.0. The lowest BCUT2D eigenvalue weighted by Crippen LogP contribution is -2.14. The van der Waals surface area contributed by atoms with Crippen LogP contribution < -0.4 is 9.46 Å². The van der Waals surface area contributed by atoms with Gasteiger partial charge in [0.1, 0.15) is 10.6 Å². The Morgan fingerprint density at radius 3 is 2.67 bits per heavy atom. The van der Waals surface area contributed by atoms with E-state index in [2.05, 4.69) is 4.72 Å². The Kier molecular flexibility index (Phi) is 6.43. The molecule has 3 aromatic rings. The number of aliphatic carboxylic acids is 1. The maximum Gasteiger partial charge on any atom is 0.328 e. The zero-order valence-corrected chi connectivity index (χ0v) is 17.3. The number of carboxylic acids is 1. The minimum Gasteiger partial charge on any atom is -0.495 e. The quantitative estimate of drug-likeness (QED) is 0.505. The first kappa shape index (κ1) is 21.4. The summed E-state index contributed by atoms with van der Waals surface area (Å²) in [5, 5.41) is 9.67. The van der Waals surface area contributed by atoms with Gasteiger partial charge in [-0.3, -0.25) is 4.72 Å². The van der Waals surface area contributed by atoms with E-state index in [-0.39, 0.29) is 10.6 Å². The number of sulfonamides is 1. The van der Waals surface area contributed by atoms with E-state index in [0.717, 1.165) is 17.0 Å². The molecule has 0 amide bonds. The molecule has 0 fully saturated rings. The van der Waals surface area contributed by atoms with E-state index < -0.39 is 16.0 Å². The van der Waals surface area contributed by atoms with Gasteiger partial charge in [-0.1, -0.05) is 6.07 Å². The summed E-state index contributed by atoms with van der Waals surface area (Å²) in [5.74, 6) is -0.971. The molecule has 0 spiro atoms. The minimum absolute atomic E-state index is 0.0877. The van der Waals surface area contributed by atoms with E-state index in [0.29, 0.717) is 24.4 Å². The Hall–Kier alpha value is -3.30. The molecular weight excluding hydrogens is 408 g/mol. The summed E-state index contributed by atoms with van der Waals surface area (Å²) in [4.78, 5) is 10.6. The molecule has 0 aliphatic carbocycles. The third-order valence-electron chi connectivity index (χ3n) is 4.46. The van der Waals surface area contributed by atoms with Crippen LogP contribution in [-0.2, 0) is 26.1 Å². The van der Waals surface area contributed by atoms with Gasteiger partial charge in [-0.25, -0.2) is 13.2 Å². The highest BCUT2D eigenvalue weighted by molar-refractivity contribution is 7.92. The number of hydrogen-bond acceptors (Lipinski definition) is 5. The molecule has 2 N–H and O–H groups in total. The number of benzene rings is 2. The molecule has 0 unspecified atom stereocenters. The third-order valence-corrected chi connectivity index (χ3v) is 5.86. The summed E-state index contributed by atoms with van der Waals surface area (Å²) in [6, 6.07) is 11.6. The van der Waals surface area contributed by atoms with Gasteiger partial charge in [0.2, 0.25) is 0 Å². The number of nitrogens with one attached hydrogen (secondary N) is 1. The number of aromatic nitrogens is 1. The first-order valence-corrected chi connectivity index (χ1v) is 10.5. The van der Waals surface area contributed by atoms with Crippen LogP contribution in [0.3, 0.4) is 0 Å². The fraction of sp³-hybridized carbons (Fsp3) is 0.190. The van der Waals surface area contributed by atoms with E-state index in [1.807, 2.05) is 22.9 Å². The molecule has 30 heavy (non-hydrogen) atoms. The van der Waals surface area contributed by atoms with E-state index >= 15 is 0 Å². The van der Waals surface area contributed by atoms with Gasteiger partial charge in [-0.15, -0.1) is 0 Å². The van der Waals surface area contributed by atoms with Crippen LogP contribution >= 0.6 is 0 Å². The van der Waals surface area contributed by atoms with Gasteiger partial charge in [-0.05, 0) is 48.0 Å². The van der Waals surface area contributed by atoms with Crippen LogP contribution in [0.2, 0.25) is 0 Å². The molecule has 0 saturated heterocycles. The van der Waals surface area contributed by atoms with Gasteiger partial charge in [-0.2, -0.15) is 0 Å². The molecule has 2 aromatic carbocycles. The lowest BCUT2D eigenvalue weighted by Gasteiger charge is -2.13. The number of methoxy groups -OCH3 is 2. The van der Waals surface area contributed by atoms with Crippen LogP contribution in [0.4, 0.5) is 5.69 Å². The standard InChI is InChI=1S/C21H22N2O6S/c1-28-12-11-23-10-9-16-14-17(5-6-18(16)23)22-30(26,27)20-13-15(4-8-21(24)25)3-7-19(20)29-2/h3-10,13-14,22H,11-12H2,1-2H3,(H,24,25)/b8-4+. The molecule has 158 valence electrons. The minimum atomic E-state index is -3.98. The predicted molar refractivity (Wildman–Crippen MR) is 114 cm³/mol. The van der Waals surface area contributed by atoms with Gasteiger partial charge >= 0.3 is 5.97 Å². The molecule has 8 nitrogen and oxygen atoms in total. The SMILES string of the molecule is COCCn1ccc2cc(NS(=O)(=O)c3cc(/C=C/C(=O)O)ccc3OC)ccc21. The predicted octanol–water partition coefficient (Wildman–Crippen LogP) is 3.19. The highest BCUT2D eigenvalue weighted by Gasteiger charge is 2.20. The normalized spacial score (nSPS) is 11.8. The highest BCUT2D eigenvalue weighted by Crippen LogP contribution is 2.29. The average Bonchev–Trinajstić information content (AvgIpc) is 3.12. The van der Waals surface area contributed by atoms with Gasteiger partial charge in [0.15, 0.2) is 0 Å². The summed E-state index contributed by atoms with van der Waals surface area (Å²) >= 11 is 0. The van der Waals surface area contributed by atoms with Crippen molar-refractivity contribution in [1.82, 2.24) is 4.57 Å². The maximum atomic E-state index is 13.0. The van der Waals surface area contributed by atoms with Crippen LogP contribution in [0.1, 0.15) is 5.56 Å². The number of carboxylic acid groups (broad SMARTS) is 1. The number of hydrogen-bond donors (Lipinski definition) is 2. The zero-order valence-electron chi connectivity index (χ0n) is 16.5. The topological polar surface area (TPSA) is 107 Å². The molecule has 0 radical (unpaired) electrons. The monoisotopic (exact) mass is 430 g/mol. The highest BCUT2D eigenvalue weighted by atomic mass is 32.2. The molecule has 1 heterocycles. The van der Waals surface area contributed by atoms with Gasteiger partial charge in [0, 0.05) is 42.5 Å². The second-order valence-electron chi connectivity index (χ2n) is 6.46. The van der Waals surface area contributed by atoms with E-state index in [9.17, 15) is 13.2 Å². The summed E-state index contributed by atoms with van der Waals surface area (Å²) in [6.45, 7) is 1.27. The molecule has 3 rings (SSSR count). The number of ether oxygens (including phenoxy) is 2. The average molecular weight is 430 g/mol. The van der Waals surface area contributed by atoms with E-state index in [1.54, 1.807) is 25.3 Å². The van der Waals surface area contributed by atoms with Crippen molar-refractivity contribution in [2.75, 3.05) is 25.5 Å². The zero-order chi connectivity index (χ0) is 21.7. The second kappa shape index (κ2) is 9.02. The summed E-state index contributed by atoms with van der Waals surface area (Å²) in [7, 11) is -0.967. The van der Waals surface area contributed by atoms with Crippen LogP contribution in [0.15, 0.2) is 59.6 Å². The number of carbonyl (C=O) groups is 1. The Balaban J connectivity index is 1.92. The Bertz CT molecular complexity index is 1200. The van der Waals surface area contributed by atoms with Crippen molar-refractivity contribution in [3.05, 3.63) is 60.3 Å². The van der Waals surface area contributed by atoms with Gasteiger partial charge in [0.25, 0.3) is 10.0 Å². The number of fused-ring (bicyclic) bond motifs is 1. The summed E-state index contributed by atoms with van der Waals surface area (Å²) < 4.78 is 40.9. The molecule has 1 aromatic heterocycles. The molecule has 0 atom stereocenters. The van der Waals surface area contributed by atoms with Gasteiger partial charge < -0.3 is 19.1 Å². The van der Waals surface area contributed by atoms with E-state index in [4.69, 9.17) is 14.6 Å². The van der Waals surface area contributed by atoms with E-state index in [1.165, 1.54) is 25.3 Å². The fourth-order valence-electron chi connectivity index (χ4n) is 3.03. The van der Waals surface area contributed by atoms with Crippen LogP contribution in [0.5, 0.6) is 5.75 Å². The fourth-order valence-corrected chi connectivity index (χ4v) is 4.29. The van der Waals surface area contributed by atoms with Crippen LogP contribution in [0, 0.1) is 0 Å². The third kappa shape index (κ3) is 4.81. The van der Waals surface area contributed by atoms with Crippen LogP contribution in [-0.4, -0.2) is 44.9 Å². The van der Waals surface area contributed by atoms with Crippen molar-refractivity contribution in [3.8, 4) is 5.75 Å². The second-order valence-corrected chi connectivity index (χ2v) is 8.11. The Labute approximate surface area is 174 Å². The van der Waals surface area contributed by atoms with Crippen molar-refractivity contribution in [1.29, 1.82) is 0 Å². The molecule has 0 saturated carbocycles. The lowest BCUT2D eigenvalue weighted by molar-refractivity contribution is -0.131. The summed E-state index contributed by atoms with van der Waals surface area (Å²) in [5.41, 5.74) is 1.79. The van der Waals surface area contributed by atoms with Crippen molar-refractivity contribution in [3.63, 3.8) is 0 Å². The molecule has 0 aliphatic heterocycles. The molecular formula is C21H22N2O6S. The number of anilines is 1. The molecule has 0 aliphatic rings. The lowest BCUT2D eigenvalue weighted by atomic mass is 10.2. The Morgan fingerprint density at radius 2 is 1.97 bits per heavy atom. The van der Waals surface area contributed by atoms with Crippen molar-refractivity contribution in [2.45, 2.75) is 11.4 Å². The number of nitrogens with zero attached hydrogens (tertiary/aromatic N) is 1. The van der Waals surface area contributed by atoms with Crippen molar-refractivity contribution in [2.24, 2.45) is 0 Å². The summed E-state index contributed by atoms with van der Waals surface area (Å²) in [6.07, 6.45) is 4.17. The Morgan fingerprint density at radius 1 is 1.17 bits per heavy atom. The first-order chi connectivity index (χ1) is 14.3. The number of rotatable bonds is 9. The largest absolute Gasteiger partial charge is 0.495 e. The van der Waals surface area contributed by atoms with Crippen LogP contribution in [0.25, 0.3) is 17.0 Å². The van der Waals surface area contributed by atoms with Gasteiger partial charge in [0.05, 0.1) is 13.7 Å². The van der Waals surface area contributed by atoms with Crippen molar-refractivity contribution >= 4 is 38.7 Å². The first-order valence-electron chi connectivity index (χ1n) is 9.04.